The SMILES string of the molecule is Nc1nc(N)nc(CCc2ccc(N3CC(=O)NS3(=O)=O)c(O)c2)n1.O=C1CN(c2ccc(CCc3cnc4ccccc4c3)cc2O)S(=O)(=O)N1. The van der Waals surface area contributed by atoms with E-state index < -0.39 is 32.2 Å². The van der Waals surface area contributed by atoms with E-state index in [-0.39, 0.29) is 47.9 Å². The number of aryl methyl sites for hydroxylation is 4. The molecule has 0 radical (unpaired) electrons. The summed E-state index contributed by atoms with van der Waals surface area (Å²) < 4.78 is 52.8. The van der Waals surface area contributed by atoms with Gasteiger partial charge in [-0.2, -0.15) is 31.8 Å². The second-order valence-electron chi connectivity index (χ2n) is 11.7. The Morgan fingerprint density at radius 1 is 0.654 bits per heavy atom. The number of pyridine rings is 1. The summed E-state index contributed by atoms with van der Waals surface area (Å²) in [4.78, 5) is 38.7. The molecule has 4 heterocycles. The smallest absolute Gasteiger partial charge is 0.326 e. The highest BCUT2D eigenvalue weighted by atomic mass is 32.2. The molecule has 18 nitrogen and oxygen atoms in total. The molecule has 5 aromatic rings. The zero-order chi connectivity index (χ0) is 37.2. The van der Waals surface area contributed by atoms with Crippen LogP contribution in [0, 0.1) is 0 Å². The number of nitrogens with two attached hydrogens (primary N) is 2. The molecule has 3 aromatic carbocycles. The van der Waals surface area contributed by atoms with E-state index in [9.17, 15) is 36.6 Å². The summed E-state index contributed by atoms with van der Waals surface area (Å²) in [6.45, 7) is -0.712. The normalized spacial score (nSPS) is 15.9. The van der Waals surface area contributed by atoms with Crippen LogP contribution < -0.4 is 29.5 Å². The maximum absolute atomic E-state index is 11.9. The second kappa shape index (κ2) is 14.2. The summed E-state index contributed by atoms with van der Waals surface area (Å²) in [7, 11) is -7.91. The standard InChI is InChI=1S/C19H17N3O4S.C13H15N7O4S/c23-18-10-13(7-8-17(18)22-12-19(24)21-27(22,25)26)5-6-14-9-15-3-1-2-4-16(15)20-11-14;14-12-16-10(17-13(15)18-12)4-2-7-1-3-8(9(21)5-7)20-6-11(22)19-25(20,23)24/h1-4,7-11,23H,5-6,12H2,(H,21,24);1,3,5,21H,2,4,6H2,(H,19,22)(H4,14,15,16,17,18). The summed E-state index contributed by atoms with van der Waals surface area (Å²) in [5.74, 6) is -1.26. The third-order valence-corrected chi connectivity index (χ3v) is 10.7. The van der Waals surface area contributed by atoms with E-state index in [0.717, 1.165) is 42.6 Å². The number of nitrogen functional groups attached to an aromatic ring is 2. The Balaban J connectivity index is 0.000000179. The van der Waals surface area contributed by atoms with E-state index >= 15 is 0 Å². The van der Waals surface area contributed by atoms with Crippen LogP contribution in [0.4, 0.5) is 23.3 Å². The number of nitrogens with one attached hydrogen (secondary N) is 2. The van der Waals surface area contributed by atoms with E-state index in [4.69, 9.17) is 11.5 Å². The average molecular weight is 749 g/mol. The lowest BCUT2D eigenvalue weighted by Crippen LogP contribution is -2.29. The zero-order valence-electron chi connectivity index (χ0n) is 27.2. The maximum atomic E-state index is 11.9. The van der Waals surface area contributed by atoms with Crippen molar-refractivity contribution >= 4 is 66.4 Å². The summed E-state index contributed by atoms with van der Waals surface area (Å²) in [5, 5.41) is 21.5. The van der Waals surface area contributed by atoms with Crippen molar-refractivity contribution in [3.8, 4) is 11.5 Å². The van der Waals surface area contributed by atoms with Crippen molar-refractivity contribution in [2.45, 2.75) is 25.7 Å². The highest BCUT2D eigenvalue weighted by Gasteiger charge is 2.36. The highest BCUT2D eigenvalue weighted by Crippen LogP contribution is 2.33. The number of fused-ring (bicyclic) bond motifs is 1. The van der Waals surface area contributed by atoms with E-state index in [1.807, 2.05) is 39.9 Å². The fourth-order valence-corrected chi connectivity index (χ4v) is 7.89. The van der Waals surface area contributed by atoms with Crippen molar-refractivity contribution in [2.24, 2.45) is 0 Å². The number of amides is 2. The van der Waals surface area contributed by atoms with Gasteiger partial charge in [0.1, 0.15) is 30.4 Å². The van der Waals surface area contributed by atoms with Gasteiger partial charge >= 0.3 is 20.4 Å². The molecule has 0 unspecified atom stereocenters. The van der Waals surface area contributed by atoms with Gasteiger partial charge in [0.15, 0.2) is 0 Å². The lowest BCUT2D eigenvalue weighted by molar-refractivity contribution is -0.118. The van der Waals surface area contributed by atoms with Gasteiger partial charge in [-0.25, -0.2) is 18.1 Å². The van der Waals surface area contributed by atoms with Crippen molar-refractivity contribution in [2.75, 3.05) is 33.2 Å². The van der Waals surface area contributed by atoms with Gasteiger partial charge in [-0.05, 0) is 72.4 Å². The quantitative estimate of drug-likeness (QED) is 0.127. The molecule has 270 valence electrons. The second-order valence-corrected chi connectivity index (χ2v) is 14.9. The molecule has 2 aromatic heterocycles. The molecule has 0 spiro atoms. The first-order valence-electron chi connectivity index (χ1n) is 15.6. The van der Waals surface area contributed by atoms with E-state index in [1.165, 1.54) is 24.3 Å². The van der Waals surface area contributed by atoms with Crippen molar-refractivity contribution < 1.29 is 36.6 Å². The van der Waals surface area contributed by atoms with E-state index in [0.29, 0.717) is 25.1 Å². The number of para-hydroxylation sites is 1. The number of hydrogen-bond acceptors (Lipinski definition) is 14. The van der Waals surface area contributed by atoms with Crippen molar-refractivity contribution in [1.29, 1.82) is 0 Å². The van der Waals surface area contributed by atoms with E-state index in [1.54, 1.807) is 12.1 Å². The van der Waals surface area contributed by atoms with Crippen molar-refractivity contribution in [1.82, 2.24) is 29.4 Å². The first-order chi connectivity index (χ1) is 24.7. The number of anilines is 4. The number of phenolic OH excluding ortho intramolecular Hbond substituents is 2. The van der Waals surface area contributed by atoms with Crippen LogP contribution in [0.2, 0.25) is 0 Å². The predicted molar refractivity (Wildman–Crippen MR) is 190 cm³/mol. The molecule has 2 saturated heterocycles. The molecule has 0 saturated carbocycles. The molecule has 2 fully saturated rings. The summed E-state index contributed by atoms with van der Waals surface area (Å²) in [6.07, 6.45) is 4.10. The number of carbonyl (C=O) groups is 2. The fourth-order valence-electron chi connectivity index (χ4n) is 5.56. The molecular formula is C32H32N10O8S2. The maximum Gasteiger partial charge on any atom is 0.326 e. The molecule has 7 rings (SSSR count). The monoisotopic (exact) mass is 748 g/mol. The van der Waals surface area contributed by atoms with Gasteiger partial charge in [-0.1, -0.05) is 30.3 Å². The van der Waals surface area contributed by atoms with Crippen LogP contribution in [0.25, 0.3) is 10.9 Å². The van der Waals surface area contributed by atoms with Gasteiger partial charge in [0.05, 0.1) is 16.9 Å². The zero-order valence-corrected chi connectivity index (χ0v) is 28.8. The summed E-state index contributed by atoms with van der Waals surface area (Å²) >= 11 is 0. The van der Waals surface area contributed by atoms with Crippen LogP contribution >= 0.6 is 0 Å². The Bertz CT molecular complexity index is 2410. The van der Waals surface area contributed by atoms with Crippen LogP contribution in [-0.2, 0) is 55.7 Å². The molecule has 2 aliphatic heterocycles. The number of nitrogens with zero attached hydrogens (tertiary/aromatic N) is 6. The topological polar surface area (TPSA) is 277 Å². The molecule has 20 heteroatoms. The Morgan fingerprint density at radius 2 is 1.15 bits per heavy atom. The Kier molecular flexibility index (Phi) is 9.67. The first kappa shape index (κ1) is 35.5. The number of phenols is 2. The third kappa shape index (κ3) is 8.02. The van der Waals surface area contributed by atoms with Crippen molar-refractivity contribution in [3.63, 3.8) is 0 Å². The average Bonchev–Trinajstić information content (AvgIpc) is 3.52. The van der Waals surface area contributed by atoms with Gasteiger partial charge < -0.3 is 21.7 Å². The number of aromatic nitrogens is 4. The molecular weight excluding hydrogens is 717 g/mol. The largest absolute Gasteiger partial charge is 0.506 e. The number of hydrogen-bond donors (Lipinski definition) is 6. The van der Waals surface area contributed by atoms with E-state index in [2.05, 4.69) is 26.0 Å². The van der Waals surface area contributed by atoms with Gasteiger partial charge in [0, 0.05) is 18.0 Å². The molecule has 2 amide bonds. The van der Waals surface area contributed by atoms with Crippen LogP contribution in [-0.4, -0.2) is 71.9 Å². The lowest BCUT2D eigenvalue weighted by Gasteiger charge is -2.16. The molecule has 0 atom stereocenters. The number of aromatic hydroxyl groups is 2. The molecule has 2 aliphatic rings. The minimum absolute atomic E-state index is 0.0238. The Labute approximate surface area is 297 Å². The minimum atomic E-state index is -3.97. The van der Waals surface area contributed by atoms with Gasteiger partial charge in [0.2, 0.25) is 11.9 Å². The summed E-state index contributed by atoms with van der Waals surface area (Å²) in [6, 6.07) is 19.3. The minimum Gasteiger partial charge on any atom is -0.506 e. The number of carbonyl (C=O) groups excluding carboxylic acids is 2. The lowest BCUT2D eigenvalue weighted by atomic mass is 10.0. The Hall–Kier alpha value is -6.28. The predicted octanol–water partition coefficient (Wildman–Crippen LogP) is 0.614. The third-order valence-electron chi connectivity index (χ3n) is 7.96. The van der Waals surface area contributed by atoms with Crippen LogP contribution in [0.5, 0.6) is 11.5 Å². The molecule has 52 heavy (non-hydrogen) atoms. The number of benzene rings is 3. The molecule has 8 N–H and O–H groups in total. The Morgan fingerprint density at radius 3 is 1.65 bits per heavy atom. The van der Waals surface area contributed by atoms with Crippen LogP contribution in [0.1, 0.15) is 22.5 Å². The first-order valence-corrected chi connectivity index (χ1v) is 18.4. The molecule has 0 aliphatic carbocycles. The van der Waals surface area contributed by atoms with Crippen molar-refractivity contribution in [3.05, 3.63) is 95.4 Å². The van der Waals surface area contributed by atoms with Gasteiger partial charge in [0.25, 0.3) is 11.8 Å². The summed E-state index contributed by atoms with van der Waals surface area (Å²) in [5.41, 5.74) is 14.7. The van der Waals surface area contributed by atoms with Gasteiger partial charge in [-0.15, -0.1) is 0 Å². The fraction of sp³-hybridized carbons (Fsp3) is 0.188. The van der Waals surface area contributed by atoms with Crippen LogP contribution in [0.15, 0.2) is 72.9 Å². The molecule has 0 bridgehead atoms. The van der Waals surface area contributed by atoms with Crippen LogP contribution in [0.3, 0.4) is 0 Å². The highest BCUT2D eigenvalue weighted by molar-refractivity contribution is 7.92. The van der Waals surface area contributed by atoms with Gasteiger partial charge in [-0.3, -0.25) is 14.6 Å². The number of rotatable bonds is 8.